The van der Waals surface area contributed by atoms with Gasteiger partial charge in [-0.05, 0) is 48.8 Å². The third kappa shape index (κ3) is 7.43. The molecule has 0 bridgehead atoms. The largest absolute Gasteiger partial charge is 0.494 e. The molecule has 0 radical (unpaired) electrons. The molecule has 2 aliphatic heterocycles. The van der Waals surface area contributed by atoms with E-state index in [4.69, 9.17) is 4.74 Å². The van der Waals surface area contributed by atoms with Crippen LogP contribution in [-0.4, -0.2) is 14.7 Å². The summed E-state index contributed by atoms with van der Waals surface area (Å²) in [5, 5.41) is 0. The van der Waals surface area contributed by atoms with Gasteiger partial charge in [0.1, 0.15) is 5.75 Å². The molecule has 0 unspecified atom stereocenters. The first-order valence-corrected chi connectivity index (χ1v) is 16.3. The van der Waals surface area contributed by atoms with Gasteiger partial charge >= 0.3 is 0 Å². The normalized spacial score (nSPS) is 26.7. The zero-order valence-electron chi connectivity index (χ0n) is 20.1. The van der Waals surface area contributed by atoms with Crippen molar-refractivity contribution in [3.8, 4) is 5.75 Å². The summed E-state index contributed by atoms with van der Waals surface area (Å²) in [5.74, 6) is 2.95. The summed E-state index contributed by atoms with van der Waals surface area (Å²) in [7, 11) is -0.908. The van der Waals surface area contributed by atoms with Gasteiger partial charge in [-0.2, -0.15) is 0 Å². The molecule has 2 heteroatoms. The second kappa shape index (κ2) is 12.9. The summed E-state index contributed by atoms with van der Waals surface area (Å²) >= 11 is 0. The van der Waals surface area contributed by atoms with E-state index in [1.807, 2.05) is 0 Å². The SMILES string of the molecule is CCCCCCCC1CC[Si]2(CC1)CCC(c1ccc(OCCCCC)cc1)CC2. The van der Waals surface area contributed by atoms with Gasteiger partial charge in [0.25, 0.3) is 0 Å². The Labute approximate surface area is 188 Å². The Morgan fingerprint density at radius 3 is 2.00 bits per heavy atom. The van der Waals surface area contributed by atoms with Crippen molar-refractivity contribution in [2.45, 2.75) is 127 Å². The highest BCUT2D eigenvalue weighted by molar-refractivity contribution is 6.80. The highest BCUT2D eigenvalue weighted by Crippen LogP contribution is 2.47. The molecule has 1 spiro atoms. The monoisotopic (exact) mass is 428 g/mol. The standard InChI is InChI=1S/C28H48OSi/c1-3-5-7-8-9-11-25-16-21-30(22-17-25)23-18-27(19-24-30)26-12-14-28(15-13-26)29-20-10-6-4-2/h12-15,25,27H,3-11,16-24H2,1-2H3. The van der Waals surface area contributed by atoms with Crippen LogP contribution >= 0.6 is 0 Å². The Balaban J connectivity index is 1.35. The van der Waals surface area contributed by atoms with Gasteiger partial charge in [0, 0.05) is 0 Å². The minimum atomic E-state index is -0.908. The van der Waals surface area contributed by atoms with Crippen LogP contribution in [0.25, 0.3) is 0 Å². The predicted octanol–water partition coefficient (Wildman–Crippen LogP) is 9.35. The molecule has 2 aliphatic rings. The number of ether oxygens (including phenoxy) is 1. The second-order valence-electron chi connectivity index (χ2n) is 10.5. The zero-order valence-corrected chi connectivity index (χ0v) is 21.1. The highest BCUT2D eigenvalue weighted by Gasteiger charge is 2.40. The molecule has 2 fully saturated rings. The maximum Gasteiger partial charge on any atom is 0.119 e. The first-order chi connectivity index (χ1) is 14.7. The lowest BCUT2D eigenvalue weighted by atomic mass is 9.93. The van der Waals surface area contributed by atoms with E-state index in [1.54, 1.807) is 42.6 Å². The Morgan fingerprint density at radius 1 is 0.733 bits per heavy atom. The van der Waals surface area contributed by atoms with Crippen LogP contribution < -0.4 is 4.74 Å². The number of rotatable bonds is 12. The Hall–Kier alpha value is -0.763. The van der Waals surface area contributed by atoms with Gasteiger partial charge in [-0.25, -0.2) is 0 Å². The van der Waals surface area contributed by atoms with Crippen LogP contribution in [0, 0.1) is 5.92 Å². The van der Waals surface area contributed by atoms with Crippen LogP contribution in [0.2, 0.25) is 24.2 Å². The lowest BCUT2D eigenvalue weighted by molar-refractivity contribution is 0.306. The molecule has 0 N–H and O–H groups in total. The van der Waals surface area contributed by atoms with Crippen LogP contribution in [0.4, 0.5) is 0 Å². The van der Waals surface area contributed by atoms with E-state index in [9.17, 15) is 0 Å². The molecule has 0 aliphatic carbocycles. The molecular weight excluding hydrogens is 380 g/mol. The fraction of sp³-hybridized carbons (Fsp3) is 0.786. The quantitative estimate of drug-likeness (QED) is 0.238. The maximum absolute atomic E-state index is 5.90. The molecule has 3 rings (SSSR count). The highest BCUT2D eigenvalue weighted by atomic mass is 28.3. The minimum absolute atomic E-state index is 0.813. The molecular formula is C28H48OSi. The van der Waals surface area contributed by atoms with Crippen LogP contribution in [0.1, 0.15) is 109 Å². The summed E-state index contributed by atoms with van der Waals surface area (Å²) in [4.78, 5) is 0. The lowest BCUT2D eigenvalue weighted by Gasteiger charge is -2.43. The van der Waals surface area contributed by atoms with Crippen molar-refractivity contribution in [3.63, 3.8) is 0 Å². The van der Waals surface area contributed by atoms with Gasteiger partial charge in [-0.15, -0.1) is 0 Å². The number of unbranched alkanes of at least 4 members (excludes halogenated alkanes) is 6. The van der Waals surface area contributed by atoms with Crippen molar-refractivity contribution in [2.24, 2.45) is 5.92 Å². The number of benzene rings is 1. The predicted molar refractivity (Wildman–Crippen MR) is 135 cm³/mol. The van der Waals surface area contributed by atoms with Gasteiger partial charge < -0.3 is 4.74 Å². The van der Waals surface area contributed by atoms with Gasteiger partial charge in [0.05, 0.1) is 14.7 Å². The van der Waals surface area contributed by atoms with E-state index in [0.29, 0.717) is 0 Å². The van der Waals surface area contributed by atoms with Crippen LogP contribution in [0.3, 0.4) is 0 Å². The minimum Gasteiger partial charge on any atom is -0.494 e. The van der Waals surface area contributed by atoms with E-state index in [0.717, 1.165) is 24.2 Å². The fourth-order valence-electron chi connectivity index (χ4n) is 6.06. The number of hydrogen-bond donors (Lipinski definition) is 0. The Kier molecular flexibility index (Phi) is 10.3. The van der Waals surface area contributed by atoms with Crippen LogP contribution in [-0.2, 0) is 0 Å². The van der Waals surface area contributed by atoms with Gasteiger partial charge in [-0.3, -0.25) is 0 Å². The van der Waals surface area contributed by atoms with Gasteiger partial charge in [0.15, 0.2) is 0 Å². The van der Waals surface area contributed by atoms with E-state index in [2.05, 4.69) is 38.1 Å². The summed E-state index contributed by atoms with van der Waals surface area (Å²) in [6.45, 7) is 5.43. The molecule has 2 saturated heterocycles. The van der Waals surface area contributed by atoms with Crippen molar-refractivity contribution in [1.29, 1.82) is 0 Å². The van der Waals surface area contributed by atoms with E-state index in [-0.39, 0.29) is 0 Å². The first kappa shape index (κ1) is 23.9. The third-order valence-corrected chi connectivity index (χ3v) is 13.7. The lowest BCUT2D eigenvalue weighted by Crippen LogP contribution is -2.41. The molecule has 0 atom stereocenters. The molecule has 1 nitrogen and oxygen atoms in total. The molecule has 2 heterocycles. The molecule has 0 amide bonds. The smallest absolute Gasteiger partial charge is 0.119 e. The van der Waals surface area contributed by atoms with Crippen LogP contribution in [0.5, 0.6) is 5.75 Å². The average Bonchev–Trinajstić information content (AvgIpc) is 2.79. The van der Waals surface area contributed by atoms with Crippen molar-refractivity contribution in [1.82, 2.24) is 0 Å². The fourth-order valence-corrected chi connectivity index (χ4v) is 11.5. The van der Waals surface area contributed by atoms with E-state index >= 15 is 0 Å². The van der Waals surface area contributed by atoms with Crippen molar-refractivity contribution in [3.05, 3.63) is 29.8 Å². The zero-order chi connectivity index (χ0) is 21.1. The van der Waals surface area contributed by atoms with Crippen molar-refractivity contribution >= 4 is 8.07 Å². The molecule has 1 aromatic rings. The summed E-state index contributed by atoms with van der Waals surface area (Å²) < 4.78 is 5.90. The molecule has 30 heavy (non-hydrogen) atoms. The topological polar surface area (TPSA) is 9.23 Å². The van der Waals surface area contributed by atoms with E-state index in [1.165, 1.54) is 70.6 Å². The van der Waals surface area contributed by atoms with E-state index < -0.39 is 8.07 Å². The van der Waals surface area contributed by atoms with Crippen LogP contribution in [0.15, 0.2) is 24.3 Å². The van der Waals surface area contributed by atoms with Gasteiger partial charge in [0.2, 0.25) is 0 Å². The summed E-state index contributed by atoms with van der Waals surface area (Å²) in [5.41, 5.74) is 1.57. The summed E-state index contributed by atoms with van der Waals surface area (Å²) in [6, 6.07) is 15.7. The summed E-state index contributed by atoms with van der Waals surface area (Å²) in [6.07, 6.45) is 18.6. The Morgan fingerprint density at radius 2 is 1.33 bits per heavy atom. The Bertz CT molecular complexity index is 563. The average molecular weight is 429 g/mol. The third-order valence-electron chi connectivity index (χ3n) is 8.30. The second-order valence-corrected chi connectivity index (χ2v) is 15.5. The van der Waals surface area contributed by atoms with Crippen molar-refractivity contribution in [2.75, 3.05) is 6.61 Å². The molecule has 170 valence electrons. The number of hydrogen-bond acceptors (Lipinski definition) is 1. The van der Waals surface area contributed by atoms with Crippen molar-refractivity contribution < 1.29 is 4.74 Å². The molecule has 0 saturated carbocycles. The molecule has 0 aromatic heterocycles. The first-order valence-electron chi connectivity index (χ1n) is 13.5. The maximum atomic E-state index is 5.90. The van der Waals surface area contributed by atoms with Gasteiger partial charge in [-0.1, -0.05) is 114 Å². The molecule has 1 aromatic carbocycles.